The van der Waals surface area contributed by atoms with Gasteiger partial charge in [-0.05, 0) is 23.4 Å². The molecule has 0 N–H and O–H groups in total. The molecule has 0 bridgehead atoms. The summed E-state index contributed by atoms with van der Waals surface area (Å²) in [5.41, 5.74) is 1.51. The molecule has 7 rings (SSSR count). The topological polar surface area (TPSA) is 95.2 Å². The number of nitriles is 4. The van der Waals surface area contributed by atoms with Gasteiger partial charge in [0, 0.05) is 16.0 Å². The number of nitrogens with zero attached hydrogens (tertiary/aromatic N) is 4. The van der Waals surface area contributed by atoms with E-state index in [0.717, 1.165) is 0 Å². The molecule has 0 atom stereocenters. The lowest BCUT2D eigenvalue weighted by molar-refractivity contribution is 1.30. The van der Waals surface area contributed by atoms with Crippen LogP contribution in [0.3, 0.4) is 0 Å². The molecule has 0 unspecified atom stereocenters. The van der Waals surface area contributed by atoms with Crippen LogP contribution in [0.4, 0.5) is 0 Å². The van der Waals surface area contributed by atoms with E-state index < -0.39 is 0 Å². The minimum Gasteiger partial charge on any atom is -0.192 e. The molecule has 4 nitrogen and oxygen atoms in total. The molecule has 0 amide bonds. The van der Waals surface area contributed by atoms with E-state index in [0.29, 0.717) is 12.8 Å². The maximum Gasteiger partial charge on any atom is 0.126 e. The maximum absolute atomic E-state index is 9.05. The van der Waals surface area contributed by atoms with Crippen molar-refractivity contribution in [3.05, 3.63) is 45.2 Å². The van der Waals surface area contributed by atoms with E-state index >= 15 is 0 Å². The van der Waals surface area contributed by atoms with Gasteiger partial charge in [0.15, 0.2) is 0 Å². The zero-order chi connectivity index (χ0) is 25.3. The van der Waals surface area contributed by atoms with Gasteiger partial charge in [0.1, 0.15) is 35.4 Å². The van der Waals surface area contributed by atoms with Crippen LogP contribution in [0.2, 0.25) is 0 Å². The van der Waals surface area contributed by atoms with Crippen LogP contribution in [0.15, 0.2) is 34.7 Å². The van der Waals surface area contributed by atoms with Gasteiger partial charge >= 0.3 is 0 Å². The third-order valence-electron chi connectivity index (χ3n) is 5.97. The second-order valence-corrected chi connectivity index (χ2v) is 15.2. The molecular formula is C26H8N4S7. The summed E-state index contributed by atoms with van der Waals surface area (Å²) in [7, 11) is 0. The molecule has 0 saturated carbocycles. The van der Waals surface area contributed by atoms with Gasteiger partial charge < -0.3 is 0 Å². The van der Waals surface area contributed by atoms with Crippen LogP contribution in [-0.4, -0.2) is 0 Å². The Kier molecular flexibility index (Phi) is 5.44. The van der Waals surface area contributed by atoms with Crippen molar-refractivity contribution >= 4 is 136 Å². The second kappa shape index (κ2) is 8.74. The van der Waals surface area contributed by atoms with E-state index in [2.05, 4.69) is 11.4 Å². The predicted molar refractivity (Wildman–Crippen MR) is 163 cm³/mol. The smallest absolute Gasteiger partial charge is 0.126 e. The summed E-state index contributed by atoms with van der Waals surface area (Å²) in [5, 5.41) is 38.2. The van der Waals surface area contributed by atoms with Crippen molar-refractivity contribution in [2.75, 3.05) is 0 Å². The fourth-order valence-electron chi connectivity index (χ4n) is 4.28. The third kappa shape index (κ3) is 3.42. The minimum absolute atomic E-state index is 0.163. The summed E-state index contributed by atoms with van der Waals surface area (Å²) in [6.07, 6.45) is 4.64. The molecule has 0 fully saturated rings. The number of hydrogen-bond donors (Lipinski definition) is 0. The molecule has 11 heteroatoms. The molecule has 174 valence electrons. The van der Waals surface area contributed by atoms with Crippen LogP contribution >= 0.6 is 79.4 Å². The number of fused-ring (bicyclic) bond motifs is 11. The molecule has 0 aliphatic rings. The minimum atomic E-state index is 0.163. The first-order chi connectivity index (χ1) is 18.1. The fraction of sp³-hybridized carbons (Fsp3) is 0.0769. The Labute approximate surface area is 237 Å². The second-order valence-electron chi connectivity index (χ2n) is 8.06. The summed E-state index contributed by atoms with van der Waals surface area (Å²) in [4.78, 5) is 1.17. The Morgan fingerprint density at radius 2 is 1.05 bits per heavy atom. The van der Waals surface area contributed by atoms with Crippen LogP contribution in [0, 0.1) is 45.3 Å². The van der Waals surface area contributed by atoms with E-state index in [-0.39, 0.29) is 11.1 Å². The summed E-state index contributed by atoms with van der Waals surface area (Å²) < 4.78 is 16.1. The summed E-state index contributed by atoms with van der Waals surface area (Å²) in [6.45, 7) is 0. The highest BCUT2D eigenvalue weighted by Gasteiger charge is 2.23. The Morgan fingerprint density at radius 3 is 1.65 bits per heavy atom. The standard InChI is InChI=1S/C26H8N4S7/c27-6-11(7-28)1-3-13-10-31-18-16(13)34-22-20(18)36-26-24(22)37-23-21-19(35-25(23)26)17-15(33-21)5-14(32-17)4-2-12(8-29)9-30/h1-2,5,10H,3-4H2. The Balaban J connectivity index is 1.33. The SMILES string of the molecule is N#CC(C#N)=CCc1cc2sc3c(sc4c3sc3c5sc6c(CC=C(C#N)C#N)csc6c5sc34)c2s1. The first kappa shape index (κ1) is 23.0. The molecule has 0 saturated heterocycles. The van der Waals surface area contributed by atoms with E-state index in [9.17, 15) is 0 Å². The molecule has 7 heterocycles. The molecular weight excluding hydrogens is 593 g/mol. The van der Waals surface area contributed by atoms with E-state index in [1.807, 2.05) is 81.0 Å². The Bertz CT molecular complexity index is 2260. The molecule has 7 aromatic heterocycles. The number of allylic oxidation sites excluding steroid dienone is 4. The lowest BCUT2D eigenvalue weighted by atomic mass is 10.2. The number of rotatable bonds is 4. The van der Waals surface area contributed by atoms with E-state index in [1.165, 1.54) is 66.8 Å². The molecule has 0 spiro atoms. The lowest BCUT2D eigenvalue weighted by Crippen LogP contribution is -1.79. The highest BCUT2D eigenvalue weighted by atomic mass is 32.1. The first-order valence-corrected chi connectivity index (χ1v) is 16.5. The van der Waals surface area contributed by atoms with Gasteiger partial charge in [-0.2, -0.15) is 21.0 Å². The predicted octanol–water partition coefficient (Wildman–Crippen LogP) is 10.1. The van der Waals surface area contributed by atoms with Crippen LogP contribution in [0.5, 0.6) is 0 Å². The lowest BCUT2D eigenvalue weighted by Gasteiger charge is -1.89. The van der Waals surface area contributed by atoms with Crippen LogP contribution < -0.4 is 0 Å². The van der Waals surface area contributed by atoms with Crippen molar-refractivity contribution in [3.8, 4) is 24.3 Å². The highest BCUT2D eigenvalue weighted by Crippen LogP contribution is 2.57. The van der Waals surface area contributed by atoms with Gasteiger partial charge in [-0.25, -0.2) is 0 Å². The molecule has 0 aliphatic heterocycles. The van der Waals surface area contributed by atoms with Crippen molar-refractivity contribution < 1.29 is 0 Å². The summed E-state index contributed by atoms with van der Waals surface area (Å²) >= 11 is 12.9. The largest absolute Gasteiger partial charge is 0.192 e. The number of hydrogen-bond acceptors (Lipinski definition) is 11. The molecule has 0 aromatic carbocycles. The van der Waals surface area contributed by atoms with Crippen molar-refractivity contribution in [2.45, 2.75) is 12.8 Å². The van der Waals surface area contributed by atoms with Gasteiger partial charge in [0.2, 0.25) is 0 Å². The summed E-state index contributed by atoms with van der Waals surface area (Å²) in [6, 6.07) is 9.97. The van der Waals surface area contributed by atoms with Gasteiger partial charge in [-0.15, -0.1) is 79.4 Å². The quantitative estimate of drug-likeness (QED) is 0.188. The highest BCUT2D eigenvalue weighted by molar-refractivity contribution is 7.51. The Hall–Kier alpha value is -3.10. The molecule has 37 heavy (non-hydrogen) atoms. The van der Waals surface area contributed by atoms with E-state index in [1.54, 1.807) is 34.8 Å². The first-order valence-electron chi connectivity index (χ1n) is 10.8. The maximum atomic E-state index is 9.05. The van der Waals surface area contributed by atoms with Crippen molar-refractivity contribution in [1.82, 2.24) is 0 Å². The van der Waals surface area contributed by atoms with Crippen molar-refractivity contribution in [3.63, 3.8) is 0 Å². The van der Waals surface area contributed by atoms with Crippen LogP contribution in [-0.2, 0) is 12.8 Å². The van der Waals surface area contributed by atoms with E-state index in [4.69, 9.17) is 21.0 Å². The van der Waals surface area contributed by atoms with Gasteiger partial charge in [0.05, 0.1) is 51.7 Å². The van der Waals surface area contributed by atoms with Gasteiger partial charge in [0.25, 0.3) is 0 Å². The van der Waals surface area contributed by atoms with Crippen LogP contribution in [0.25, 0.3) is 56.4 Å². The monoisotopic (exact) mass is 600 g/mol. The fourth-order valence-corrected chi connectivity index (χ4v) is 14.8. The zero-order valence-electron chi connectivity index (χ0n) is 18.4. The van der Waals surface area contributed by atoms with Gasteiger partial charge in [-0.3, -0.25) is 0 Å². The normalized spacial score (nSPS) is 11.4. The average Bonchev–Trinajstić information content (AvgIpc) is 3.72. The van der Waals surface area contributed by atoms with Crippen LogP contribution in [0.1, 0.15) is 10.4 Å². The van der Waals surface area contributed by atoms with Gasteiger partial charge in [-0.1, -0.05) is 12.2 Å². The Morgan fingerprint density at radius 1 is 0.568 bits per heavy atom. The molecule has 7 aromatic rings. The number of thiophene rings is 7. The zero-order valence-corrected chi connectivity index (χ0v) is 24.1. The molecule has 0 radical (unpaired) electrons. The summed E-state index contributed by atoms with van der Waals surface area (Å²) in [5.74, 6) is 0. The average molecular weight is 601 g/mol. The van der Waals surface area contributed by atoms with Crippen molar-refractivity contribution in [2.24, 2.45) is 0 Å². The molecule has 0 aliphatic carbocycles. The third-order valence-corrected chi connectivity index (χ3v) is 15.7. The van der Waals surface area contributed by atoms with Crippen molar-refractivity contribution in [1.29, 1.82) is 21.0 Å².